The summed E-state index contributed by atoms with van der Waals surface area (Å²) in [4.78, 5) is 43.5. The zero-order chi connectivity index (χ0) is 26.4. The predicted molar refractivity (Wildman–Crippen MR) is 141 cm³/mol. The molecular weight excluding hydrogens is 496 g/mol. The molecule has 0 radical (unpaired) electrons. The van der Waals surface area contributed by atoms with Crippen molar-refractivity contribution >= 4 is 44.8 Å². The molecule has 0 unspecified atom stereocenters. The summed E-state index contributed by atoms with van der Waals surface area (Å²) in [6.07, 6.45) is 3.08. The fourth-order valence-corrected chi connectivity index (χ4v) is 5.47. The molecule has 37 heavy (non-hydrogen) atoms. The van der Waals surface area contributed by atoms with E-state index in [1.54, 1.807) is 37.3 Å². The zero-order valence-electron chi connectivity index (χ0n) is 21.0. The van der Waals surface area contributed by atoms with E-state index in [-0.39, 0.29) is 17.9 Å². The van der Waals surface area contributed by atoms with Gasteiger partial charge < -0.3 is 18.9 Å². The Morgan fingerprint density at radius 3 is 2.51 bits per heavy atom. The smallest absolute Gasteiger partial charge is 0.338 e. The highest BCUT2D eigenvalue weighted by atomic mass is 32.1. The van der Waals surface area contributed by atoms with Gasteiger partial charge in [0, 0.05) is 37.9 Å². The lowest BCUT2D eigenvalue weighted by molar-refractivity contribution is -0.384. The van der Waals surface area contributed by atoms with Crippen molar-refractivity contribution in [1.82, 2.24) is 4.57 Å². The van der Waals surface area contributed by atoms with Crippen LogP contribution in [0.4, 0.5) is 11.4 Å². The highest BCUT2D eigenvalue weighted by molar-refractivity contribution is 7.16. The van der Waals surface area contributed by atoms with Crippen molar-refractivity contribution in [3.05, 3.63) is 62.4 Å². The highest BCUT2D eigenvalue weighted by Gasteiger charge is 2.23. The number of fused-ring (bicyclic) bond motifs is 1. The van der Waals surface area contributed by atoms with Gasteiger partial charge in [-0.1, -0.05) is 11.3 Å². The number of nitro groups is 1. The number of rotatable bonds is 9. The van der Waals surface area contributed by atoms with Crippen molar-refractivity contribution in [1.29, 1.82) is 0 Å². The first-order valence-electron chi connectivity index (χ1n) is 12.4. The van der Waals surface area contributed by atoms with Gasteiger partial charge in [-0.05, 0) is 63.4 Å². The van der Waals surface area contributed by atoms with E-state index in [4.69, 9.17) is 9.47 Å². The highest BCUT2D eigenvalue weighted by Crippen LogP contribution is 2.31. The third kappa shape index (κ3) is 6.05. The number of benzene rings is 2. The number of thiazole rings is 1. The van der Waals surface area contributed by atoms with Crippen LogP contribution in [0, 0.1) is 10.1 Å². The molecule has 196 valence electrons. The quantitative estimate of drug-likeness (QED) is 0.174. The van der Waals surface area contributed by atoms with Gasteiger partial charge in [0.15, 0.2) is 4.80 Å². The van der Waals surface area contributed by atoms with E-state index in [2.05, 4.69) is 4.99 Å². The molecule has 1 aliphatic rings. The lowest BCUT2D eigenvalue weighted by atomic mass is 10.1. The van der Waals surface area contributed by atoms with Crippen LogP contribution in [0.2, 0.25) is 0 Å². The first-order chi connectivity index (χ1) is 17.9. The van der Waals surface area contributed by atoms with Crippen LogP contribution in [0.5, 0.6) is 0 Å². The normalized spacial score (nSPS) is 14.2. The van der Waals surface area contributed by atoms with Gasteiger partial charge in [0.25, 0.3) is 11.6 Å². The summed E-state index contributed by atoms with van der Waals surface area (Å²) in [5.41, 5.74) is 1.79. The largest absolute Gasteiger partial charge is 0.462 e. The van der Waals surface area contributed by atoms with Crippen LogP contribution < -0.4 is 9.70 Å². The van der Waals surface area contributed by atoms with E-state index in [1.165, 1.54) is 17.4 Å². The number of ether oxygens (including phenoxy) is 2. The Hall–Kier alpha value is -3.57. The Labute approximate surface area is 218 Å². The lowest BCUT2D eigenvalue weighted by Gasteiger charge is -2.28. The van der Waals surface area contributed by atoms with E-state index in [0.717, 1.165) is 42.6 Å². The Morgan fingerprint density at radius 2 is 1.81 bits per heavy atom. The van der Waals surface area contributed by atoms with Crippen LogP contribution in [0.3, 0.4) is 0 Å². The number of hydrogen-bond donors (Lipinski definition) is 0. The van der Waals surface area contributed by atoms with Gasteiger partial charge in [-0.2, -0.15) is 4.99 Å². The number of amides is 1. The summed E-state index contributed by atoms with van der Waals surface area (Å²) >= 11 is 1.26. The molecular formula is C26H30N4O6S. The fourth-order valence-electron chi connectivity index (χ4n) is 4.37. The molecule has 1 aromatic heterocycles. The van der Waals surface area contributed by atoms with Crippen LogP contribution in [-0.2, 0) is 16.0 Å². The number of anilines is 1. The van der Waals surface area contributed by atoms with Crippen molar-refractivity contribution in [2.45, 2.75) is 39.7 Å². The van der Waals surface area contributed by atoms with Crippen LogP contribution in [0.15, 0.2) is 41.4 Å². The fraction of sp³-hybridized carbons (Fsp3) is 0.423. The summed E-state index contributed by atoms with van der Waals surface area (Å²) in [7, 11) is 0. The first-order valence-corrected chi connectivity index (χ1v) is 13.2. The summed E-state index contributed by atoms with van der Waals surface area (Å²) in [5, 5.41) is 11.8. The maximum absolute atomic E-state index is 13.2. The molecule has 10 nitrogen and oxygen atoms in total. The van der Waals surface area contributed by atoms with E-state index in [9.17, 15) is 19.7 Å². The molecule has 1 amide bonds. The third-order valence-electron chi connectivity index (χ3n) is 6.17. The number of esters is 1. The Morgan fingerprint density at radius 1 is 1.05 bits per heavy atom. The minimum Gasteiger partial charge on any atom is -0.462 e. The average Bonchev–Trinajstić information content (AvgIpc) is 3.25. The first kappa shape index (κ1) is 26.5. The second kappa shape index (κ2) is 12.1. The van der Waals surface area contributed by atoms with Crippen molar-refractivity contribution < 1.29 is 24.0 Å². The molecule has 0 atom stereocenters. The predicted octanol–water partition coefficient (Wildman–Crippen LogP) is 4.56. The monoisotopic (exact) mass is 526 g/mol. The average molecular weight is 527 g/mol. The molecule has 0 spiro atoms. The van der Waals surface area contributed by atoms with Crippen LogP contribution in [0.1, 0.15) is 53.8 Å². The molecule has 1 fully saturated rings. The van der Waals surface area contributed by atoms with Gasteiger partial charge in [0.1, 0.15) is 5.69 Å². The summed E-state index contributed by atoms with van der Waals surface area (Å²) in [6, 6.07) is 9.75. The molecule has 1 saturated heterocycles. The number of carbonyl (C=O) groups excluding carboxylic acids is 2. The van der Waals surface area contributed by atoms with Crippen LogP contribution in [0.25, 0.3) is 10.2 Å². The molecule has 4 rings (SSSR count). The van der Waals surface area contributed by atoms with Gasteiger partial charge >= 0.3 is 5.97 Å². The van der Waals surface area contributed by atoms with Crippen molar-refractivity contribution in [3.8, 4) is 0 Å². The van der Waals surface area contributed by atoms with Gasteiger partial charge in [-0.15, -0.1) is 0 Å². The van der Waals surface area contributed by atoms with E-state index in [0.29, 0.717) is 35.8 Å². The maximum atomic E-state index is 13.2. The molecule has 0 bridgehead atoms. The van der Waals surface area contributed by atoms with Crippen molar-refractivity contribution in [3.63, 3.8) is 0 Å². The molecule has 11 heteroatoms. The van der Waals surface area contributed by atoms with E-state index >= 15 is 0 Å². The molecule has 0 saturated carbocycles. The lowest BCUT2D eigenvalue weighted by Crippen LogP contribution is -2.30. The number of nitrogens with zero attached hydrogens (tertiary/aromatic N) is 4. The molecule has 3 aromatic rings. The number of aromatic nitrogens is 1. The SMILES string of the molecule is CCOCCn1c(=NC(=O)c2ccc(N3CCCCC3)c([N+](=O)[O-])c2)sc2cc(C(=O)OCC)ccc21. The number of hydrogen-bond acceptors (Lipinski definition) is 8. The van der Waals surface area contributed by atoms with Gasteiger partial charge in [0.05, 0.1) is 33.9 Å². The zero-order valence-corrected chi connectivity index (χ0v) is 21.8. The molecule has 0 N–H and O–H groups in total. The number of carbonyl (C=O) groups is 2. The molecule has 2 aromatic carbocycles. The third-order valence-corrected chi connectivity index (χ3v) is 7.21. The summed E-state index contributed by atoms with van der Waals surface area (Å²) in [6.45, 7) is 6.85. The molecule has 1 aliphatic heterocycles. The summed E-state index contributed by atoms with van der Waals surface area (Å²) < 4.78 is 13.2. The van der Waals surface area contributed by atoms with Gasteiger partial charge in [-0.3, -0.25) is 14.9 Å². The standard InChI is InChI=1S/C26H30N4O6S/c1-3-35-15-14-29-21-11-9-19(25(32)36-4-2)17-23(21)37-26(29)27-24(31)18-8-10-20(22(16-18)30(33)34)28-12-6-5-7-13-28/h8-11,16-17H,3-7,12-15H2,1-2H3. The minimum atomic E-state index is -0.573. The van der Waals surface area contributed by atoms with Crippen LogP contribution in [-0.4, -0.2) is 54.3 Å². The summed E-state index contributed by atoms with van der Waals surface area (Å²) in [5.74, 6) is -0.995. The second-order valence-electron chi connectivity index (χ2n) is 8.56. The molecule has 0 aliphatic carbocycles. The van der Waals surface area contributed by atoms with Crippen LogP contribution >= 0.6 is 11.3 Å². The number of nitro benzene ring substituents is 1. The Balaban J connectivity index is 1.73. The number of piperidine rings is 1. The Kier molecular flexibility index (Phi) is 8.67. The topological polar surface area (TPSA) is 116 Å². The second-order valence-corrected chi connectivity index (χ2v) is 9.57. The maximum Gasteiger partial charge on any atom is 0.338 e. The molecule has 2 heterocycles. The van der Waals surface area contributed by atoms with Gasteiger partial charge in [0.2, 0.25) is 0 Å². The van der Waals surface area contributed by atoms with Crippen molar-refractivity contribution in [2.24, 2.45) is 4.99 Å². The minimum absolute atomic E-state index is 0.0948. The van der Waals surface area contributed by atoms with E-state index < -0.39 is 16.8 Å². The van der Waals surface area contributed by atoms with Gasteiger partial charge in [-0.25, -0.2) is 4.79 Å². The Bertz CT molecular complexity index is 1370. The van der Waals surface area contributed by atoms with Crippen molar-refractivity contribution in [2.75, 3.05) is 37.8 Å². The van der Waals surface area contributed by atoms with E-state index in [1.807, 2.05) is 16.4 Å².